The molecule has 3 heteroatoms. The highest BCUT2D eigenvalue weighted by Gasteiger charge is 2.04. The van der Waals surface area contributed by atoms with Gasteiger partial charge in [-0.2, -0.15) is 0 Å². The summed E-state index contributed by atoms with van der Waals surface area (Å²) in [4.78, 5) is 9.81. The van der Waals surface area contributed by atoms with Gasteiger partial charge in [0.1, 0.15) is 5.76 Å². The molecule has 0 spiro atoms. The predicted molar refractivity (Wildman–Crippen MR) is 35.2 cm³/mol. The average molecular weight is 140 g/mol. The minimum atomic E-state index is 0.332. The first kappa shape index (κ1) is 6.86. The van der Waals surface area contributed by atoms with Crippen molar-refractivity contribution in [2.24, 2.45) is 0 Å². The second-order valence-electron chi connectivity index (χ2n) is 2.01. The lowest BCUT2D eigenvalue weighted by Gasteiger charge is -2.07. The van der Waals surface area contributed by atoms with Crippen molar-refractivity contribution in [1.29, 1.82) is 0 Å². The molecule has 0 fully saturated rings. The van der Waals surface area contributed by atoms with Gasteiger partial charge in [0.15, 0.2) is 0 Å². The Balaban J connectivity index is 2.55. The van der Waals surface area contributed by atoms with E-state index in [1.807, 2.05) is 0 Å². The zero-order valence-electron chi connectivity index (χ0n) is 5.41. The molecule has 0 saturated heterocycles. The van der Waals surface area contributed by atoms with Crippen molar-refractivity contribution in [2.45, 2.75) is 12.8 Å². The van der Waals surface area contributed by atoms with Crippen LogP contribution in [0, 0.1) is 0 Å². The van der Waals surface area contributed by atoms with Gasteiger partial charge >= 0.3 is 0 Å². The molecule has 3 nitrogen and oxygen atoms in total. The average Bonchev–Trinajstić information content (AvgIpc) is 1.95. The van der Waals surface area contributed by atoms with Crippen LogP contribution < -0.4 is 0 Å². The first-order valence-electron chi connectivity index (χ1n) is 3.02. The molecule has 0 saturated carbocycles. The quantitative estimate of drug-likeness (QED) is 0.587. The molecule has 0 radical (unpaired) electrons. The number of hydrogen-bond acceptors (Lipinski definition) is 3. The van der Waals surface area contributed by atoms with E-state index in [1.165, 1.54) is 6.08 Å². The zero-order chi connectivity index (χ0) is 7.40. The van der Waals surface area contributed by atoms with E-state index in [4.69, 9.17) is 5.11 Å². The maximum atomic E-state index is 9.81. The van der Waals surface area contributed by atoms with Gasteiger partial charge < -0.3 is 9.84 Å². The SMILES string of the molecule is O=COC1=CC=C(O)CC1. The van der Waals surface area contributed by atoms with Crippen LogP contribution in [0.25, 0.3) is 0 Å². The standard InChI is InChI=1S/C7H8O3/c8-5-10-7-3-1-6(9)2-4-7/h1,3,5,9H,2,4H2. The van der Waals surface area contributed by atoms with Crippen LogP contribution in [0.2, 0.25) is 0 Å². The summed E-state index contributed by atoms with van der Waals surface area (Å²) in [6, 6.07) is 0. The van der Waals surface area contributed by atoms with Gasteiger partial charge in [-0.25, -0.2) is 0 Å². The van der Waals surface area contributed by atoms with Crippen molar-refractivity contribution in [3.63, 3.8) is 0 Å². The molecule has 0 bridgehead atoms. The summed E-state index contributed by atoms with van der Waals surface area (Å²) < 4.78 is 4.56. The molecular weight excluding hydrogens is 132 g/mol. The highest BCUT2D eigenvalue weighted by molar-refractivity contribution is 5.40. The largest absolute Gasteiger partial charge is 0.512 e. The highest BCUT2D eigenvalue weighted by Crippen LogP contribution is 2.15. The van der Waals surface area contributed by atoms with E-state index in [1.54, 1.807) is 6.08 Å². The van der Waals surface area contributed by atoms with Gasteiger partial charge in [0.05, 0.1) is 5.76 Å². The second kappa shape index (κ2) is 3.06. The maximum Gasteiger partial charge on any atom is 0.298 e. The first-order valence-corrected chi connectivity index (χ1v) is 3.02. The van der Waals surface area contributed by atoms with Crippen molar-refractivity contribution in [3.8, 4) is 0 Å². The molecule has 1 aliphatic carbocycles. The fraction of sp³-hybridized carbons (Fsp3) is 0.286. The van der Waals surface area contributed by atoms with Gasteiger partial charge in [0.25, 0.3) is 6.47 Å². The summed E-state index contributed by atoms with van der Waals surface area (Å²) >= 11 is 0. The third kappa shape index (κ3) is 1.62. The van der Waals surface area contributed by atoms with Crippen LogP contribution in [-0.2, 0) is 9.53 Å². The Morgan fingerprint density at radius 3 is 2.80 bits per heavy atom. The molecule has 0 aromatic heterocycles. The highest BCUT2D eigenvalue weighted by atomic mass is 16.5. The number of allylic oxidation sites excluding steroid dienone is 4. The Bertz CT molecular complexity index is 191. The molecule has 1 aliphatic rings. The van der Waals surface area contributed by atoms with Crippen LogP contribution in [-0.4, -0.2) is 11.6 Å². The Morgan fingerprint density at radius 2 is 2.30 bits per heavy atom. The molecule has 0 aromatic rings. The van der Waals surface area contributed by atoms with Gasteiger partial charge in [-0.3, -0.25) is 4.79 Å². The zero-order valence-corrected chi connectivity index (χ0v) is 5.41. The fourth-order valence-electron chi connectivity index (χ4n) is 0.767. The molecule has 0 amide bonds. The van der Waals surface area contributed by atoms with E-state index >= 15 is 0 Å². The van der Waals surface area contributed by atoms with Crippen LogP contribution in [0.5, 0.6) is 0 Å². The van der Waals surface area contributed by atoms with Gasteiger partial charge in [0, 0.05) is 12.8 Å². The van der Waals surface area contributed by atoms with Crippen LogP contribution in [0.4, 0.5) is 0 Å². The minimum Gasteiger partial charge on any atom is -0.512 e. The Kier molecular flexibility index (Phi) is 2.10. The predicted octanol–water partition coefficient (Wildman–Crippen LogP) is 1.28. The van der Waals surface area contributed by atoms with Crippen LogP contribution in [0.3, 0.4) is 0 Å². The third-order valence-corrected chi connectivity index (χ3v) is 1.29. The lowest BCUT2D eigenvalue weighted by atomic mass is 10.1. The summed E-state index contributed by atoms with van der Waals surface area (Å²) in [6.07, 6.45) is 4.27. The van der Waals surface area contributed by atoms with Gasteiger partial charge in [0.2, 0.25) is 0 Å². The number of carbonyl (C=O) groups is 1. The number of aliphatic hydroxyl groups is 1. The molecular formula is C7H8O3. The summed E-state index contributed by atoms with van der Waals surface area (Å²) in [7, 11) is 0. The van der Waals surface area contributed by atoms with E-state index in [0.29, 0.717) is 30.8 Å². The number of hydrogen-bond donors (Lipinski definition) is 1. The smallest absolute Gasteiger partial charge is 0.298 e. The Hall–Kier alpha value is -1.25. The number of ether oxygens (including phenoxy) is 1. The molecule has 1 rings (SSSR count). The normalized spacial score (nSPS) is 17.2. The van der Waals surface area contributed by atoms with Gasteiger partial charge in [-0.15, -0.1) is 0 Å². The minimum absolute atomic E-state index is 0.332. The summed E-state index contributed by atoms with van der Waals surface area (Å²) in [5, 5.41) is 8.87. The molecule has 0 heterocycles. The lowest BCUT2D eigenvalue weighted by Crippen LogP contribution is -1.95. The molecule has 1 N–H and O–H groups in total. The van der Waals surface area contributed by atoms with E-state index in [0.717, 1.165) is 0 Å². The molecule has 0 aliphatic heterocycles. The topological polar surface area (TPSA) is 46.5 Å². The molecule has 0 atom stereocenters. The monoisotopic (exact) mass is 140 g/mol. The van der Waals surface area contributed by atoms with Crippen LogP contribution >= 0.6 is 0 Å². The van der Waals surface area contributed by atoms with E-state index in [9.17, 15) is 4.79 Å². The second-order valence-corrected chi connectivity index (χ2v) is 2.01. The summed E-state index contributed by atoms with van der Waals surface area (Å²) in [5.41, 5.74) is 0. The fourth-order valence-corrected chi connectivity index (χ4v) is 0.767. The first-order chi connectivity index (χ1) is 4.83. The van der Waals surface area contributed by atoms with Crippen LogP contribution in [0.15, 0.2) is 23.7 Å². The third-order valence-electron chi connectivity index (χ3n) is 1.29. The molecule has 10 heavy (non-hydrogen) atoms. The molecule has 0 aromatic carbocycles. The van der Waals surface area contributed by atoms with Crippen molar-refractivity contribution in [3.05, 3.63) is 23.7 Å². The maximum absolute atomic E-state index is 9.81. The molecule has 0 unspecified atom stereocenters. The van der Waals surface area contributed by atoms with Crippen molar-refractivity contribution >= 4 is 6.47 Å². The van der Waals surface area contributed by atoms with E-state index < -0.39 is 0 Å². The number of rotatable bonds is 2. The van der Waals surface area contributed by atoms with Crippen molar-refractivity contribution < 1.29 is 14.6 Å². The van der Waals surface area contributed by atoms with Gasteiger partial charge in [-0.05, 0) is 12.2 Å². The Morgan fingerprint density at radius 1 is 1.50 bits per heavy atom. The van der Waals surface area contributed by atoms with Crippen molar-refractivity contribution in [2.75, 3.05) is 0 Å². The number of aliphatic hydroxyl groups excluding tert-OH is 1. The molecule has 54 valence electrons. The van der Waals surface area contributed by atoms with Crippen molar-refractivity contribution in [1.82, 2.24) is 0 Å². The summed E-state index contributed by atoms with van der Waals surface area (Å²) in [5.74, 6) is 0.936. The van der Waals surface area contributed by atoms with E-state index in [2.05, 4.69) is 4.74 Å². The lowest BCUT2D eigenvalue weighted by molar-refractivity contribution is -0.125. The van der Waals surface area contributed by atoms with Gasteiger partial charge in [-0.1, -0.05) is 0 Å². The van der Waals surface area contributed by atoms with E-state index in [-0.39, 0.29) is 0 Å². The Labute approximate surface area is 58.6 Å². The van der Waals surface area contributed by atoms with Crippen LogP contribution in [0.1, 0.15) is 12.8 Å². The summed E-state index contributed by atoms with van der Waals surface area (Å²) in [6.45, 7) is 0.391. The number of carbonyl (C=O) groups excluding carboxylic acids is 1.